The predicted molar refractivity (Wildman–Crippen MR) is 95.4 cm³/mol. The second-order valence-corrected chi connectivity index (χ2v) is 7.02. The highest BCUT2D eigenvalue weighted by molar-refractivity contribution is 7.17. The lowest BCUT2D eigenvalue weighted by Crippen LogP contribution is -2.23. The van der Waals surface area contributed by atoms with Gasteiger partial charge in [-0.2, -0.15) is 0 Å². The molecule has 1 aromatic heterocycles. The minimum atomic E-state index is -0.615. The quantitative estimate of drug-likeness (QED) is 0.686. The van der Waals surface area contributed by atoms with Crippen LogP contribution in [0.3, 0.4) is 0 Å². The number of halogens is 2. The summed E-state index contributed by atoms with van der Waals surface area (Å²) in [5.74, 6) is 1.43. The van der Waals surface area contributed by atoms with Crippen molar-refractivity contribution in [2.75, 3.05) is 27.3 Å². The Morgan fingerprint density at radius 1 is 1.17 bits per heavy atom. The van der Waals surface area contributed by atoms with Crippen LogP contribution >= 0.6 is 34.5 Å². The molecule has 1 atom stereocenters. The van der Waals surface area contributed by atoms with Gasteiger partial charge in [0.15, 0.2) is 11.5 Å². The Hall–Kier alpha value is -0.980. The number of hydrogen-bond donors (Lipinski definition) is 2. The van der Waals surface area contributed by atoms with Crippen LogP contribution in [0.1, 0.15) is 16.5 Å². The lowest BCUT2D eigenvalue weighted by molar-refractivity contribution is 0.179. The van der Waals surface area contributed by atoms with Crippen LogP contribution < -0.4 is 14.8 Å². The summed E-state index contributed by atoms with van der Waals surface area (Å²) in [6.07, 6.45) is 0.203. The molecule has 0 bridgehead atoms. The summed E-state index contributed by atoms with van der Waals surface area (Å²) in [5, 5.41) is 13.8. The zero-order chi connectivity index (χ0) is 16.8. The third-order valence-electron chi connectivity index (χ3n) is 3.37. The van der Waals surface area contributed by atoms with Crippen molar-refractivity contribution in [2.24, 2.45) is 0 Å². The fourth-order valence-electron chi connectivity index (χ4n) is 2.14. The van der Waals surface area contributed by atoms with Gasteiger partial charge in [0.05, 0.1) is 19.2 Å². The van der Waals surface area contributed by atoms with Crippen LogP contribution in [0.4, 0.5) is 0 Å². The summed E-state index contributed by atoms with van der Waals surface area (Å²) in [7, 11) is 3.23. The van der Waals surface area contributed by atoms with E-state index in [0.717, 1.165) is 23.4 Å². The van der Waals surface area contributed by atoms with Crippen molar-refractivity contribution in [3.8, 4) is 11.5 Å². The van der Waals surface area contributed by atoms with E-state index in [4.69, 9.17) is 32.7 Å². The van der Waals surface area contributed by atoms with Crippen LogP contribution in [0.2, 0.25) is 9.36 Å². The van der Waals surface area contributed by atoms with Crippen molar-refractivity contribution >= 4 is 34.5 Å². The van der Waals surface area contributed by atoms with Gasteiger partial charge in [0, 0.05) is 11.4 Å². The number of aliphatic hydroxyl groups is 1. The first kappa shape index (κ1) is 18.4. The fraction of sp³-hybridized carbons (Fsp3) is 0.375. The minimum absolute atomic E-state index is 0.445. The topological polar surface area (TPSA) is 50.7 Å². The molecule has 0 aliphatic rings. The van der Waals surface area contributed by atoms with Crippen molar-refractivity contribution in [3.63, 3.8) is 0 Å². The van der Waals surface area contributed by atoms with Crippen LogP contribution in [-0.4, -0.2) is 32.4 Å². The van der Waals surface area contributed by atoms with Gasteiger partial charge in [-0.3, -0.25) is 0 Å². The molecule has 126 valence electrons. The molecule has 7 heteroatoms. The molecule has 0 aliphatic carbocycles. The summed E-state index contributed by atoms with van der Waals surface area (Å²) in [6.45, 7) is 1.18. The molecule has 4 nitrogen and oxygen atoms in total. The second kappa shape index (κ2) is 8.76. The predicted octanol–water partition coefficient (Wildman–Crippen LogP) is 3.94. The van der Waals surface area contributed by atoms with Gasteiger partial charge in [-0.1, -0.05) is 29.3 Å². The number of benzene rings is 1. The molecule has 2 N–H and O–H groups in total. The minimum Gasteiger partial charge on any atom is -0.493 e. The molecule has 0 fully saturated rings. The highest BCUT2D eigenvalue weighted by atomic mass is 35.5. The molecule has 0 saturated heterocycles. The van der Waals surface area contributed by atoms with Crippen molar-refractivity contribution in [1.82, 2.24) is 5.32 Å². The molecule has 2 rings (SSSR count). The lowest BCUT2D eigenvalue weighted by Gasteiger charge is -2.11. The largest absolute Gasteiger partial charge is 0.493 e. The van der Waals surface area contributed by atoms with Crippen molar-refractivity contribution in [1.29, 1.82) is 0 Å². The first-order chi connectivity index (χ1) is 11.0. The second-order valence-electron chi connectivity index (χ2n) is 4.93. The zero-order valence-electron chi connectivity index (χ0n) is 12.9. The molecule has 2 aromatic rings. The van der Waals surface area contributed by atoms with E-state index in [9.17, 15) is 5.11 Å². The van der Waals surface area contributed by atoms with Crippen molar-refractivity contribution in [3.05, 3.63) is 44.1 Å². The van der Waals surface area contributed by atoms with E-state index in [0.29, 0.717) is 27.4 Å². The van der Waals surface area contributed by atoms with Gasteiger partial charge in [-0.25, -0.2) is 0 Å². The third-order valence-corrected chi connectivity index (χ3v) is 5.34. The van der Waals surface area contributed by atoms with Crippen LogP contribution in [-0.2, 0) is 6.42 Å². The van der Waals surface area contributed by atoms with Gasteiger partial charge in [0.2, 0.25) is 0 Å². The van der Waals surface area contributed by atoms with E-state index in [2.05, 4.69) is 5.32 Å². The van der Waals surface area contributed by atoms with Crippen LogP contribution in [0.5, 0.6) is 11.5 Å². The van der Waals surface area contributed by atoms with E-state index in [1.807, 2.05) is 18.2 Å². The molecular weight excluding hydrogens is 357 g/mol. The van der Waals surface area contributed by atoms with Crippen molar-refractivity contribution in [2.45, 2.75) is 12.5 Å². The van der Waals surface area contributed by atoms with Gasteiger partial charge in [-0.15, -0.1) is 11.3 Å². The fourth-order valence-corrected chi connectivity index (χ4v) is 3.52. The van der Waals surface area contributed by atoms with E-state index in [1.165, 1.54) is 11.3 Å². The monoisotopic (exact) mass is 375 g/mol. The van der Waals surface area contributed by atoms with E-state index in [-0.39, 0.29) is 0 Å². The number of hydrogen-bond acceptors (Lipinski definition) is 5. The molecular formula is C16H19Cl2NO3S. The SMILES string of the molecule is COc1ccc(CCNCC(O)c2cc(Cl)c(Cl)s2)cc1OC. The van der Waals surface area contributed by atoms with E-state index < -0.39 is 6.10 Å². The van der Waals surface area contributed by atoms with Gasteiger partial charge in [0.1, 0.15) is 10.4 Å². The molecule has 1 unspecified atom stereocenters. The number of ether oxygens (including phenoxy) is 2. The molecule has 0 saturated carbocycles. The summed E-state index contributed by atoms with van der Waals surface area (Å²) in [4.78, 5) is 0.763. The van der Waals surface area contributed by atoms with Gasteiger partial charge in [-0.05, 0) is 36.7 Å². The van der Waals surface area contributed by atoms with Crippen LogP contribution in [0, 0.1) is 0 Å². The summed E-state index contributed by atoms with van der Waals surface area (Å²) in [6, 6.07) is 7.54. The van der Waals surface area contributed by atoms with Crippen LogP contribution in [0.15, 0.2) is 24.3 Å². The third kappa shape index (κ3) is 4.99. The first-order valence-electron chi connectivity index (χ1n) is 7.09. The maximum Gasteiger partial charge on any atom is 0.160 e. The highest BCUT2D eigenvalue weighted by Gasteiger charge is 2.13. The number of aliphatic hydroxyl groups excluding tert-OH is 1. The molecule has 1 aromatic carbocycles. The summed E-state index contributed by atoms with van der Waals surface area (Å²) >= 11 is 13.1. The normalized spacial score (nSPS) is 12.2. The van der Waals surface area contributed by atoms with E-state index in [1.54, 1.807) is 20.3 Å². The Kier molecular flexibility index (Phi) is 6.99. The molecule has 1 heterocycles. The average Bonchev–Trinajstić information content (AvgIpc) is 2.90. The molecule has 0 amide bonds. The van der Waals surface area contributed by atoms with Gasteiger partial charge < -0.3 is 19.9 Å². The number of nitrogens with one attached hydrogen (secondary N) is 1. The average molecular weight is 376 g/mol. The standard InChI is InChI=1S/C16H19Cl2NO3S/c1-21-13-4-3-10(7-14(13)22-2)5-6-19-9-12(20)15-8-11(17)16(18)23-15/h3-4,7-8,12,19-20H,5-6,9H2,1-2H3. The number of rotatable bonds is 8. The number of thiophene rings is 1. The Morgan fingerprint density at radius 2 is 1.91 bits per heavy atom. The van der Waals surface area contributed by atoms with E-state index >= 15 is 0 Å². The van der Waals surface area contributed by atoms with Crippen molar-refractivity contribution < 1.29 is 14.6 Å². The maximum absolute atomic E-state index is 10.1. The smallest absolute Gasteiger partial charge is 0.160 e. The Labute approximate surface area is 149 Å². The molecule has 0 radical (unpaired) electrons. The molecule has 0 aliphatic heterocycles. The van der Waals surface area contributed by atoms with Crippen LogP contribution in [0.25, 0.3) is 0 Å². The highest BCUT2D eigenvalue weighted by Crippen LogP contribution is 2.34. The lowest BCUT2D eigenvalue weighted by atomic mass is 10.1. The van der Waals surface area contributed by atoms with Gasteiger partial charge in [0.25, 0.3) is 0 Å². The Bertz CT molecular complexity index is 629. The number of methoxy groups -OCH3 is 2. The summed E-state index contributed by atoms with van der Waals surface area (Å²) < 4.78 is 11.0. The Morgan fingerprint density at radius 3 is 2.52 bits per heavy atom. The molecule has 0 spiro atoms. The Balaban J connectivity index is 1.81. The first-order valence-corrected chi connectivity index (χ1v) is 8.66. The maximum atomic E-state index is 10.1. The zero-order valence-corrected chi connectivity index (χ0v) is 15.3. The van der Waals surface area contributed by atoms with Gasteiger partial charge >= 0.3 is 0 Å². The molecule has 23 heavy (non-hydrogen) atoms. The summed E-state index contributed by atoms with van der Waals surface area (Å²) in [5.41, 5.74) is 1.13.